The van der Waals surface area contributed by atoms with E-state index in [1.807, 2.05) is 18.2 Å². The Labute approximate surface area is 194 Å². The number of aliphatic hydroxyl groups is 1. The normalized spacial score (nSPS) is 26.4. The number of methoxy groups -OCH3 is 1. The summed E-state index contributed by atoms with van der Waals surface area (Å²) >= 11 is 6.32. The molecule has 1 unspecified atom stereocenters. The molecule has 3 atom stereocenters. The van der Waals surface area contributed by atoms with E-state index in [2.05, 4.69) is 17.0 Å². The van der Waals surface area contributed by atoms with Crippen molar-refractivity contribution in [3.05, 3.63) is 58.1 Å². The van der Waals surface area contributed by atoms with Crippen molar-refractivity contribution in [3.8, 4) is 5.75 Å². The molecule has 170 valence electrons. The molecular formula is C26H30ClNO4. The number of aliphatic hydroxyl groups excluding tert-OH is 1. The van der Waals surface area contributed by atoms with Crippen molar-refractivity contribution < 1.29 is 19.4 Å². The predicted octanol–water partition coefficient (Wildman–Crippen LogP) is 4.62. The van der Waals surface area contributed by atoms with E-state index in [-0.39, 0.29) is 18.0 Å². The Balaban J connectivity index is 1.56. The molecule has 2 aliphatic carbocycles. The lowest BCUT2D eigenvalue weighted by molar-refractivity contribution is 0.0600. The summed E-state index contributed by atoms with van der Waals surface area (Å²) in [5.41, 5.74) is 3.96. The number of ether oxygens (including phenoxy) is 2. The predicted molar refractivity (Wildman–Crippen MR) is 125 cm³/mol. The molecule has 1 fully saturated rings. The number of anilines is 1. The second-order valence-corrected chi connectivity index (χ2v) is 10.00. The van der Waals surface area contributed by atoms with Gasteiger partial charge in [0.05, 0.1) is 25.0 Å². The Morgan fingerprint density at radius 3 is 2.84 bits per heavy atom. The van der Waals surface area contributed by atoms with E-state index in [1.54, 1.807) is 6.07 Å². The molecule has 6 heteroatoms. The SMILES string of the molecule is COC(=O)c1ccc2c(c1)N(CC1CC[C@H]1CO)C[C@@]1(CCCc3cc(Cl)ccc31)CO2. The van der Waals surface area contributed by atoms with Gasteiger partial charge in [-0.25, -0.2) is 4.79 Å². The molecule has 32 heavy (non-hydrogen) atoms. The molecule has 2 aromatic rings. The van der Waals surface area contributed by atoms with E-state index in [0.29, 0.717) is 24.0 Å². The zero-order chi connectivity index (χ0) is 22.3. The second kappa shape index (κ2) is 8.60. The lowest BCUT2D eigenvalue weighted by Gasteiger charge is -2.44. The first-order valence-electron chi connectivity index (χ1n) is 11.5. The number of nitrogens with zero attached hydrogens (tertiary/aromatic N) is 1. The van der Waals surface area contributed by atoms with Crippen LogP contribution in [0, 0.1) is 11.8 Å². The first-order chi connectivity index (χ1) is 15.5. The number of hydrogen-bond acceptors (Lipinski definition) is 5. The van der Waals surface area contributed by atoms with Gasteiger partial charge in [0.15, 0.2) is 0 Å². The molecule has 5 rings (SSSR count). The molecule has 1 spiro atoms. The summed E-state index contributed by atoms with van der Waals surface area (Å²) in [7, 11) is 1.40. The molecule has 0 amide bonds. The highest BCUT2D eigenvalue weighted by Gasteiger charge is 2.43. The zero-order valence-electron chi connectivity index (χ0n) is 18.5. The quantitative estimate of drug-likeness (QED) is 0.682. The molecule has 5 nitrogen and oxygen atoms in total. The zero-order valence-corrected chi connectivity index (χ0v) is 19.2. The first-order valence-corrected chi connectivity index (χ1v) is 11.9. The molecule has 1 saturated carbocycles. The molecular weight excluding hydrogens is 426 g/mol. The molecule has 1 N–H and O–H groups in total. The Hall–Kier alpha value is -2.24. The van der Waals surface area contributed by atoms with Gasteiger partial charge in [0, 0.05) is 30.1 Å². The van der Waals surface area contributed by atoms with Crippen LogP contribution in [0.3, 0.4) is 0 Å². The summed E-state index contributed by atoms with van der Waals surface area (Å²) < 4.78 is 11.4. The van der Waals surface area contributed by atoms with Crippen LogP contribution in [0.2, 0.25) is 5.02 Å². The van der Waals surface area contributed by atoms with Gasteiger partial charge in [-0.05, 0) is 85.4 Å². The van der Waals surface area contributed by atoms with Crippen molar-refractivity contribution >= 4 is 23.3 Å². The number of rotatable bonds is 4. The topological polar surface area (TPSA) is 59.0 Å². The third-order valence-electron chi connectivity index (χ3n) is 7.72. The lowest BCUT2D eigenvalue weighted by atomic mass is 9.69. The van der Waals surface area contributed by atoms with E-state index >= 15 is 0 Å². The van der Waals surface area contributed by atoms with Crippen molar-refractivity contribution in [1.82, 2.24) is 0 Å². The highest BCUT2D eigenvalue weighted by molar-refractivity contribution is 6.30. The number of benzene rings is 2. The fourth-order valence-electron chi connectivity index (χ4n) is 5.76. The number of carbonyl (C=O) groups is 1. The van der Waals surface area contributed by atoms with Crippen LogP contribution in [0.1, 0.15) is 47.2 Å². The second-order valence-electron chi connectivity index (χ2n) is 9.56. The lowest BCUT2D eigenvalue weighted by Crippen LogP contribution is -2.48. The van der Waals surface area contributed by atoms with Crippen LogP contribution in [0.5, 0.6) is 5.75 Å². The molecule has 0 aromatic heterocycles. The summed E-state index contributed by atoms with van der Waals surface area (Å²) in [4.78, 5) is 14.6. The van der Waals surface area contributed by atoms with Crippen LogP contribution < -0.4 is 9.64 Å². The van der Waals surface area contributed by atoms with Gasteiger partial charge in [0.1, 0.15) is 5.75 Å². The molecule has 3 aliphatic rings. The average molecular weight is 456 g/mol. The van der Waals surface area contributed by atoms with Crippen LogP contribution in [0.15, 0.2) is 36.4 Å². The fraction of sp³-hybridized carbons (Fsp3) is 0.500. The van der Waals surface area contributed by atoms with Gasteiger partial charge in [0.2, 0.25) is 0 Å². The van der Waals surface area contributed by atoms with E-state index in [1.165, 1.54) is 18.2 Å². The van der Waals surface area contributed by atoms with Gasteiger partial charge >= 0.3 is 5.97 Å². The summed E-state index contributed by atoms with van der Waals surface area (Å²) in [6, 6.07) is 11.8. The summed E-state index contributed by atoms with van der Waals surface area (Å²) in [6.07, 6.45) is 5.37. The number of hydrogen-bond donors (Lipinski definition) is 1. The smallest absolute Gasteiger partial charge is 0.337 e. The van der Waals surface area contributed by atoms with Gasteiger partial charge < -0.3 is 19.5 Å². The average Bonchev–Trinajstić information content (AvgIpc) is 2.93. The van der Waals surface area contributed by atoms with Crippen LogP contribution >= 0.6 is 11.6 Å². The minimum atomic E-state index is -0.346. The number of aryl methyl sites for hydroxylation is 1. The van der Waals surface area contributed by atoms with E-state index in [4.69, 9.17) is 21.1 Å². The van der Waals surface area contributed by atoms with Crippen LogP contribution in [-0.4, -0.2) is 44.5 Å². The molecule has 2 aromatic carbocycles. The third kappa shape index (κ3) is 3.75. The van der Waals surface area contributed by atoms with Crippen molar-refractivity contribution in [2.24, 2.45) is 11.8 Å². The number of fused-ring (bicyclic) bond motifs is 3. The Kier molecular flexibility index (Phi) is 5.81. The maximum absolute atomic E-state index is 12.2. The Morgan fingerprint density at radius 1 is 1.25 bits per heavy atom. The summed E-state index contributed by atoms with van der Waals surface area (Å²) in [5.74, 6) is 1.25. The number of esters is 1. The first kappa shape index (κ1) is 21.6. The highest BCUT2D eigenvalue weighted by atomic mass is 35.5. The molecule has 0 bridgehead atoms. The van der Waals surface area contributed by atoms with E-state index in [0.717, 1.165) is 61.7 Å². The number of halogens is 1. The molecule has 1 heterocycles. The summed E-state index contributed by atoms with van der Waals surface area (Å²) in [6.45, 7) is 2.48. The fourth-order valence-corrected chi connectivity index (χ4v) is 5.96. The molecule has 0 radical (unpaired) electrons. The van der Waals surface area contributed by atoms with Gasteiger partial charge in [-0.15, -0.1) is 0 Å². The maximum Gasteiger partial charge on any atom is 0.337 e. The van der Waals surface area contributed by atoms with Crippen molar-refractivity contribution in [1.29, 1.82) is 0 Å². The van der Waals surface area contributed by atoms with Gasteiger partial charge in [-0.3, -0.25) is 0 Å². The standard InChI is InChI=1S/C26H30ClNO4/c1-31-25(30)18-6-9-24-23(12-18)28(13-19-4-5-20(19)14-29)15-26(16-32-24)10-2-3-17-11-21(27)7-8-22(17)26/h6-9,11-12,19-20,29H,2-5,10,13-16H2,1H3/t19?,20-,26-/m0/s1. The third-order valence-corrected chi connectivity index (χ3v) is 7.96. The monoisotopic (exact) mass is 455 g/mol. The highest BCUT2D eigenvalue weighted by Crippen LogP contribution is 2.46. The Bertz CT molecular complexity index is 1020. The van der Waals surface area contributed by atoms with Gasteiger partial charge in [0.25, 0.3) is 0 Å². The van der Waals surface area contributed by atoms with Gasteiger partial charge in [-0.2, -0.15) is 0 Å². The van der Waals surface area contributed by atoms with Crippen LogP contribution in [0.4, 0.5) is 5.69 Å². The van der Waals surface area contributed by atoms with Crippen LogP contribution in [0.25, 0.3) is 0 Å². The number of carbonyl (C=O) groups excluding carboxylic acids is 1. The maximum atomic E-state index is 12.2. The largest absolute Gasteiger partial charge is 0.490 e. The van der Waals surface area contributed by atoms with Gasteiger partial charge in [-0.1, -0.05) is 17.7 Å². The molecule has 1 aliphatic heterocycles. The van der Waals surface area contributed by atoms with E-state index < -0.39 is 0 Å². The van der Waals surface area contributed by atoms with Crippen molar-refractivity contribution in [2.45, 2.75) is 37.5 Å². The van der Waals surface area contributed by atoms with Crippen LogP contribution in [-0.2, 0) is 16.6 Å². The Morgan fingerprint density at radius 2 is 2.09 bits per heavy atom. The summed E-state index contributed by atoms with van der Waals surface area (Å²) in [5, 5.41) is 10.5. The van der Waals surface area contributed by atoms with Crippen molar-refractivity contribution in [2.75, 3.05) is 38.3 Å². The minimum absolute atomic E-state index is 0.138. The van der Waals surface area contributed by atoms with Crippen molar-refractivity contribution in [3.63, 3.8) is 0 Å². The molecule has 0 saturated heterocycles. The minimum Gasteiger partial charge on any atom is -0.490 e. The van der Waals surface area contributed by atoms with E-state index in [9.17, 15) is 9.90 Å².